The van der Waals surface area contributed by atoms with Crippen LogP contribution in [0.15, 0.2) is 28.9 Å². The monoisotopic (exact) mass is 209 g/mol. The average Bonchev–Trinajstić information content (AvgIpc) is 2.66. The quantitative estimate of drug-likeness (QED) is 0.716. The molecule has 15 heavy (non-hydrogen) atoms. The summed E-state index contributed by atoms with van der Waals surface area (Å²) in [6.45, 7) is 2.16. The lowest BCUT2D eigenvalue weighted by Crippen LogP contribution is -2.24. The van der Waals surface area contributed by atoms with Crippen LogP contribution in [0.1, 0.15) is 19.1 Å². The normalized spacial score (nSPS) is 12.9. The molecule has 0 spiro atoms. The van der Waals surface area contributed by atoms with E-state index in [9.17, 15) is 4.79 Å². The fraction of sp³-hybridized carbons (Fsp3) is 0.364. The van der Waals surface area contributed by atoms with E-state index in [1.807, 2.05) is 0 Å². The van der Waals surface area contributed by atoms with Crippen molar-refractivity contribution in [3.63, 3.8) is 0 Å². The number of nitrogens with one attached hydrogen (secondary N) is 1. The molecule has 1 atom stereocenters. The molecule has 0 radical (unpaired) electrons. The van der Waals surface area contributed by atoms with Gasteiger partial charge in [-0.1, -0.05) is 0 Å². The molecule has 1 unspecified atom stereocenters. The molecule has 82 valence electrons. The van der Waals surface area contributed by atoms with Gasteiger partial charge in [-0.3, -0.25) is 4.79 Å². The highest BCUT2D eigenvalue weighted by atomic mass is 16.3. The van der Waals surface area contributed by atoms with Gasteiger partial charge in [-0.25, -0.2) is 0 Å². The fourth-order valence-corrected chi connectivity index (χ4v) is 1.01. The van der Waals surface area contributed by atoms with E-state index in [4.69, 9.17) is 9.52 Å². The number of hydrogen-bond acceptors (Lipinski definition) is 3. The number of carbonyl (C=O) groups excluding carboxylic acids is 1. The Hall–Kier alpha value is -1.55. The summed E-state index contributed by atoms with van der Waals surface area (Å²) >= 11 is 0. The van der Waals surface area contributed by atoms with Crippen LogP contribution in [0.25, 0.3) is 6.08 Å². The molecular formula is C11H15NO3. The summed E-state index contributed by atoms with van der Waals surface area (Å²) in [5, 5.41) is 11.6. The van der Waals surface area contributed by atoms with Crippen molar-refractivity contribution in [1.29, 1.82) is 0 Å². The molecule has 1 rings (SSSR count). The summed E-state index contributed by atoms with van der Waals surface area (Å²) < 4.78 is 5.02. The maximum Gasteiger partial charge on any atom is 0.244 e. The molecule has 4 heteroatoms. The Morgan fingerprint density at radius 1 is 1.73 bits per heavy atom. The predicted molar refractivity (Wildman–Crippen MR) is 57.0 cm³/mol. The van der Waals surface area contributed by atoms with Gasteiger partial charge in [-0.05, 0) is 31.6 Å². The molecule has 2 N–H and O–H groups in total. The molecule has 0 aliphatic rings. The van der Waals surface area contributed by atoms with Gasteiger partial charge in [-0.15, -0.1) is 0 Å². The summed E-state index contributed by atoms with van der Waals surface area (Å²) in [4.78, 5) is 11.2. The van der Waals surface area contributed by atoms with E-state index in [1.54, 1.807) is 31.4 Å². The van der Waals surface area contributed by atoms with Crippen molar-refractivity contribution in [2.45, 2.75) is 19.4 Å². The Labute approximate surface area is 88.6 Å². The van der Waals surface area contributed by atoms with Crippen LogP contribution in [0, 0.1) is 0 Å². The first kappa shape index (κ1) is 11.5. The van der Waals surface area contributed by atoms with Crippen molar-refractivity contribution in [1.82, 2.24) is 5.32 Å². The number of rotatable bonds is 5. The molecular weight excluding hydrogens is 194 g/mol. The zero-order valence-corrected chi connectivity index (χ0v) is 8.64. The van der Waals surface area contributed by atoms with Crippen molar-refractivity contribution < 1.29 is 14.3 Å². The molecule has 1 aromatic rings. The first-order valence-electron chi connectivity index (χ1n) is 4.86. The van der Waals surface area contributed by atoms with Crippen molar-refractivity contribution in [2.24, 2.45) is 0 Å². The smallest absolute Gasteiger partial charge is 0.244 e. The van der Waals surface area contributed by atoms with Crippen molar-refractivity contribution >= 4 is 12.0 Å². The van der Waals surface area contributed by atoms with Crippen LogP contribution >= 0.6 is 0 Å². The number of furan rings is 1. The van der Waals surface area contributed by atoms with Gasteiger partial charge < -0.3 is 14.8 Å². The van der Waals surface area contributed by atoms with Crippen LogP contribution < -0.4 is 5.32 Å². The molecule has 1 heterocycles. The SMILES string of the molecule is CC(O)CCNC(=O)C=Cc1ccco1. The zero-order valence-electron chi connectivity index (χ0n) is 8.64. The van der Waals surface area contributed by atoms with E-state index in [1.165, 1.54) is 6.08 Å². The second kappa shape index (κ2) is 6.03. The van der Waals surface area contributed by atoms with Gasteiger partial charge >= 0.3 is 0 Å². The van der Waals surface area contributed by atoms with Crippen LogP contribution in [-0.2, 0) is 4.79 Å². The molecule has 1 amide bonds. The van der Waals surface area contributed by atoms with Crippen LogP contribution in [0.5, 0.6) is 0 Å². The first-order chi connectivity index (χ1) is 7.18. The molecule has 0 saturated carbocycles. The summed E-state index contributed by atoms with van der Waals surface area (Å²) in [6, 6.07) is 3.52. The van der Waals surface area contributed by atoms with Crippen molar-refractivity contribution in [3.8, 4) is 0 Å². The Balaban J connectivity index is 2.24. The second-order valence-corrected chi connectivity index (χ2v) is 3.28. The fourth-order valence-electron chi connectivity index (χ4n) is 1.01. The minimum absolute atomic E-state index is 0.188. The minimum Gasteiger partial charge on any atom is -0.465 e. The van der Waals surface area contributed by atoms with Gasteiger partial charge in [0.2, 0.25) is 5.91 Å². The third kappa shape index (κ3) is 5.02. The number of aliphatic hydroxyl groups excluding tert-OH is 1. The van der Waals surface area contributed by atoms with Crippen LogP contribution in [0.3, 0.4) is 0 Å². The van der Waals surface area contributed by atoms with E-state index in [-0.39, 0.29) is 12.0 Å². The Kier molecular flexibility index (Phi) is 4.63. The molecule has 0 aliphatic carbocycles. The zero-order chi connectivity index (χ0) is 11.1. The molecule has 0 aromatic carbocycles. The lowest BCUT2D eigenvalue weighted by atomic mass is 10.3. The molecule has 1 aromatic heterocycles. The van der Waals surface area contributed by atoms with Gasteiger partial charge in [0, 0.05) is 12.6 Å². The molecule has 0 aliphatic heterocycles. The lowest BCUT2D eigenvalue weighted by molar-refractivity contribution is -0.116. The maximum absolute atomic E-state index is 11.2. The summed E-state index contributed by atoms with van der Waals surface area (Å²) in [5.74, 6) is 0.452. The van der Waals surface area contributed by atoms with Gasteiger partial charge in [0.15, 0.2) is 0 Å². The van der Waals surface area contributed by atoms with E-state index < -0.39 is 0 Å². The Morgan fingerprint density at radius 2 is 2.53 bits per heavy atom. The minimum atomic E-state index is -0.389. The maximum atomic E-state index is 11.2. The first-order valence-corrected chi connectivity index (χ1v) is 4.86. The highest BCUT2D eigenvalue weighted by Gasteiger charge is 1.98. The number of carbonyl (C=O) groups is 1. The van der Waals surface area contributed by atoms with Gasteiger partial charge in [-0.2, -0.15) is 0 Å². The summed E-state index contributed by atoms with van der Waals surface area (Å²) in [5.41, 5.74) is 0. The highest BCUT2D eigenvalue weighted by molar-refractivity contribution is 5.91. The second-order valence-electron chi connectivity index (χ2n) is 3.28. The van der Waals surface area contributed by atoms with Crippen LogP contribution in [0.4, 0.5) is 0 Å². The third-order valence-corrected chi connectivity index (χ3v) is 1.80. The topological polar surface area (TPSA) is 62.5 Å². The molecule has 0 saturated heterocycles. The van der Waals surface area contributed by atoms with Crippen LogP contribution in [0.2, 0.25) is 0 Å². The van der Waals surface area contributed by atoms with Gasteiger partial charge in [0.25, 0.3) is 0 Å². The lowest BCUT2D eigenvalue weighted by Gasteiger charge is -2.03. The van der Waals surface area contributed by atoms with Crippen molar-refractivity contribution in [3.05, 3.63) is 30.2 Å². The summed E-state index contributed by atoms with van der Waals surface area (Å²) in [6.07, 6.45) is 4.71. The van der Waals surface area contributed by atoms with E-state index in [2.05, 4.69) is 5.32 Å². The summed E-state index contributed by atoms with van der Waals surface area (Å²) in [7, 11) is 0. The number of amides is 1. The van der Waals surface area contributed by atoms with E-state index in [0.29, 0.717) is 18.7 Å². The molecule has 0 fully saturated rings. The molecule has 0 bridgehead atoms. The largest absolute Gasteiger partial charge is 0.465 e. The number of hydrogen-bond donors (Lipinski definition) is 2. The standard InChI is InChI=1S/C11H15NO3/c1-9(13)6-7-12-11(14)5-4-10-3-2-8-15-10/h2-5,8-9,13H,6-7H2,1H3,(H,12,14). The highest BCUT2D eigenvalue weighted by Crippen LogP contribution is 2.01. The number of aliphatic hydroxyl groups is 1. The van der Waals surface area contributed by atoms with E-state index in [0.717, 1.165) is 0 Å². The average molecular weight is 209 g/mol. The van der Waals surface area contributed by atoms with Crippen molar-refractivity contribution in [2.75, 3.05) is 6.54 Å². The van der Waals surface area contributed by atoms with Crippen LogP contribution in [-0.4, -0.2) is 23.7 Å². The Morgan fingerprint density at radius 3 is 3.13 bits per heavy atom. The predicted octanol–water partition coefficient (Wildman–Crippen LogP) is 1.18. The van der Waals surface area contributed by atoms with E-state index >= 15 is 0 Å². The van der Waals surface area contributed by atoms with Gasteiger partial charge in [0.1, 0.15) is 5.76 Å². The Bertz CT molecular complexity index is 315. The third-order valence-electron chi connectivity index (χ3n) is 1.80. The van der Waals surface area contributed by atoms with Gasteiger partial charge in [0.05, 0.1) is 12.4 Å². The molecule has 4 nitrogen and oxygen atoms in total.